The third-order valence-electron chi connectivity index (χ3n) is 3.11. The van der Waals surface area contributed by atoms with E-state index in [0.29, 0.717) is 23.3 Å². The van der Waals surface area contributed by atoms with Gasteiger partial charge < -0.3 is 4.99 Å². The Morgan fingerprint density at radius 2 is 1.87 bits per heavy atom. The van der Waals surface area contributed by atoms with Gasteiger partial charge in [-0.2, -0.15) is 0 Å². The van der Waals surface area contributed by atoms with Crippen LogP contribution in [0, 0.1) is 11.8 Å². The van der Waals surface area contributed by atoms with Gasteiger partial charge in [-0.25, -0.2) is 8.42 Å². The summed E-state index contributed by atoms with van der Waals surface area (Å²) in [4.78, 5) is 3.93. The summed E-state index contributed by atoms with van der Waals surface area (Å²) >= 11 is 0. The molecule has 0 N–H and O–H groups in total. The third-order valence-corrected chi connectivity index (χ3v) is 4.98. The second-order valence-corrected chi connectivity index (χ2v) is 6.56. The number of hydrogen-bond donors (Lipinski definition) is 0. The molecule has 0 bridgehead atoms. The van der Waals surface area contributed by atoms with Gasteiger partial charge in [0, 0.05) is 7.05 Å². The maximum absolute atomic E-state index is 11.5. The minimum Gasteiger partial charge on any atom is -0.301 e. The van der Waals surface area contributed by atoms with Crippen molar-refractivity contribution in [1.82, 2.24) is 0 Å². The fourth-order valence-corrected chi connectivity index (χ4v) is 4.74. The molecule has 0 aromatic carbocycles. The Morgan fingerprint density at radius 1 is 1.27 bits per heavy atom. The van der Waals surface area contributed by atoms with Crippen LogP contribution in [0.4, 0.5) is 0 Å². The van der Waals surface area contributed by atoms with E-state index in [2.05, 4.69) is 11.9 Å². The molecule has 2 unspecified atom stereocenters. The first kappa shape index (κ1) is 12.7. The van der Waals surface area contributed by atoms with Gasteiger partial charge in [0.25, 0.3) is 0 Å². The smallest absolute Gasteiger partial charge is 0.150 e. The van der Waals surface area contributed by atoms with Gasteiger partial charge in [0.2, 0.25) is 0 Å². The highest BCUT2D eigenvalue weighted by molar-refractivity contribution is 7.91. The van der Waals surface area contributed by atoms with Crippen LogP contribution >= 0.6 is 0 Å². The van der Waals surface area contributed by atoms with E-state index in [9.17, 15) is 8.42 Å². The first-order chi connectivity index (χ1) is 7.09. The zero-order valence-corrected chi connectivity index (χ0v) is 10.5. The van der Waals surface area contributed by atoms with E-state index in [1.54, 1.807) is 7.05 Å². The molecule has 1 saturated heterocycles. The van der Waals surface area contributed by atoms with Crippen LogP contribution in [0.2, 0.25) is 0 Å². The van der Waals surface area contributed by atoms with Crippen LogP contribution in [-0.4, -0.2) is 33.2 Å². The number of nitrogens with zero attached hydrogens (tertiary/aromatic N) is 1. The van der Waals surface area contributed by atoms with Crippen molar-refractivity contribution in [3.63, 3.8) is 0 Å². The van der Waals surface area contributed by atoms with E-state index in [1.807, 2.05) is 6.21 Å². The van der Waals surface area contributed by atoms with Crippen LogP contribution < -0.4 is 0 Å². The normalized spacial score (nSPS) is 30.0. The highest BCUT2D eigenvalue weighted by Crippen LogP contribution is 2.32. The van der Waals surface area contributed by atoms with E-state index in [1.165, 1.54) is 0 Å². The maximum atomic E-state index is 11.5. The second kappa shape index (κ2) is 5.64. The minimum atomic E-state index is -2.75. The molecular weight excluding hydrogens is 210 g/mol. The predicted molar refractivity (Wildman–Crippen MR) is 64.2 cm³/mol. The summed E-state index contributed by atoms with van der Waals surface area (Å²) < 4.78 is 23.1. The maximum Gasteiger partial charge on any atom is 0.150 e. The van der Waals surface area contributed by atoms with Gasteiger partial charge in [0.15, 0.2) is 9.84 Å². The van der Waals surface area contributed by atoms with Crippen molar-refractivity contribution in [2.24, 2.45) is 16.8 Å². The Balaban J connectivity index is 2.52. The van der Waals surface area contributed by atoms with E-state index >= 15 is 0 Å². The monoisotopic (exact) mass is 231 g/mol. The van der Waals surface area contributed by atoms with Gasteiger partial charge in [0.1, 0.15) is 0 Å². The van der Waals surface area contributed by atoms with Crippen molar-refractivity contribution >= 4 is 16.1 Å². The van der Waals surface area contributed by atoms with Gasteiger partial charge in [-0.15, -0.1) is 0 Å². The van der Waals surface area contributed by atoms with Gasteiger partial charge in [-0.3, -0.25) is 0 Å². The predicted octanol–water partition coefficient (Wildman–Crippen LogP) is 1.93. The van der Waals surface area contributed by atoms with Crippen molar-refractivity contribution < 1.29 is 8.42 Å². The van der Waals surface area contributed by atoms with Crippen molar-refractivity contribution in [3.05, 3.63) is 0 Å². The fraction of sp³-hybridized carbons (Fsp3) is 0.909. The van der Waals surface area contributed by atoms with Gasteiger partial charge in [-0.05, 0) is 37.3 Å². The number of rotatable bonds is 5. The lowest BCUT2D eigenvalue weighted by Gasteiger charge is -2.15. The SMILES string of the molecule is CCCC1CS(=O)(=O)CC1CCC=NC. The Labute approximate surface area is 92.9 Å². The molecule has 0 radical (unpaired) electrons. The van der Waals surface area contributed by atoms with Crippen molar-refractivity contribution in [1.29, 1.82) is 0 Å². The Hall–Kier alpha value is -0.380. The van der Waals surface area contributed by atoms with Crippen LogP contribution in [0.3, 0.4) is 0 Å². The summed E-state index contributed by atoms with van der Waals surface area (Å²) in [5.74, 6) is 1.57. The van der Waals surface area contributed by atoms with E-state index in [-0.39, 0.29) is 0 Å². The zero-order valence-electron chi connectivity index (χ0n) is 9.65. The lowest BCUT2D eigenvalue weighted by molar-refractivity contribution is 0.374. The summed E-state index contributed by atoms with van der Waals surface area (Å²) in [5, 5.41) is 0. The molecule has 88 valence electrons. The summed E-state index contributed by atoms with van der Waals surface area (Å²) in [5.41, 5.74) is 0. The van der Waals surface area contributed by atoms with Gasteiger partial charge in [0.05, 0.1) is 11.5 Å². The summed E-state index contributed by atoms with van der Waals surface area (Å²) in [6, 6.07) is 0. The third kappa shape index (κ3) is 3.93. The number of aliphatic imine (C=N–C) groups is 1. The average Bonchev–Trinajstić information content (AvgIpc) is 2.42. The molecule has 0 spiro atoms. The Bertz CT molecular complexity index is 309. The summed E-state index contributed by atoms with van der Waals surface area (Å²) in [6.07, 6.45) is 5.90. The molecule has 0 aliphatic carbocycles. The lowest BCUT2D eigenvalue weighted by atomic mass is 9.88. The van der Waals surface area contributed by atoms with Crippen molar-refractivity contribution in [2.75, 3.05) is 18.6 Å². The van der Waals surface area contributed by atoms with E-state index in [0.717, 1.165) is 25.7 Å². The summed E-state index contributed by atoms with van der Waals surface area (Å²) in [7, 11) is -0.990. The highest BCUT2D eigenvalue weighted by Gasteiger charge is 2.35. The second-order valence-electron chi connectivity index (χ2n) is 4.40. The van der Waals surface area contributed by atoms with Crippen LogP contribution in [-0.2, 0) is 9.84 Å². The molecule has 15 heavy (non-hydrogen) atoms. The molecule has 0 amide bonds. The largest absolute Gasteiger partial charge is 0.301 e. The average molecular weight is 231 g/mol. The number of hydrogen-bond acceptors (Lipinski definition) is 3. The summed E-state index contributed by atoms with van der Waals surface area (Å²) in [6.45, 7) is 2.12. The van der Waals surface area contributed by atoms with E-state index < -0.39 is 9.84 Å². The topological polar surface area (TPSA) is 46.5 Å². The molecule has 1 rings (SSSR count). The molecule has 0 aromatic heterocycles. The Morgan fingerprint density at radius 3 is 2.40 bits per heavy atom. The van der Waals surface area contributed by atoms with Crippen molar-refractivity contribution in [2.45, 2.75) is 32.6 Å². The van der Waals surface area contributed by atoms with Gasteiger partial charge in [-0.1, -0.05) is 13.3 Å². The molecule has 1 heterocycles. The fourth-order valence-electron chi connectivity index (χ4n) is 2.42. The molecule has 1 aliphatic rings. The van der Waals surface area contributed by atoms with Crippen molar-refractivity contribution in [3.8, 4) is 0 Å². The van der Waals surface area contributed by atoms with Crippen LogP contribution in [0.15, 0.2) is 4.99 Å². The van der Waals surface area contributed by atoms with Gasteiger partial charge >= 0.3 is 0 Å². The molecule has 0 saturated carbocycles. The quantitative estimate of drug-likeness (QED) is 0.679. The van der Waals surface area contributed by atoms with Crippen LogP contribution in [0.25, 0.3) is 0 Å². The molecule has 1 aliphatic heterocycles. The lowest BCUT2D eigenvalue weighted by Crippen LogP contribution is -2.12. The first-order valence-electron chi connectivity index (χ1n) is 5.70. The molecule has 1 fully saturated rings. The molecule has 2 atom stereocenters. The standard InChI is InChI=1S/C11H21NO2S/c1-3-5-10-8-15(13,14)9-11(10)6-4-7-12-2/h7,10-11H,3-6,8-9H2,1-2H3. The van der Waals surface area contributed by atoms with Crippen LogP contribution in [0.5, 0.6) is 0 Å². The first-order valence-corrected chi connectivity index (χ1v) is 7.52. The molecule has 4 heteroatoms. The zero-order chi connectivity index (χ0) is 11.3. The van der Waals surface area contributed by atoms with E-state index in [4.69, 9.17) is 0 Å². The van der Waals surface area contributed by atoms with Crippen LogP contribution in [0.1, 0.15) is 32.6 Å². The Kier molecular flexibility index (Phi) is 4.77. The number of sulfone groups is 1. The molecular formula is C11H21NO2S. The minimum absolute atomic E-state index is 0.368. The highest BCUT2D eigenvalue weighted by atomic mass is 32.2. The molecule has 0 aromatic rings. The molecule has 3 nitrogen and oxygen atoms in total.